The fourth-order valence-corrected chi connectivity index (χ4v) is 2.28. The second kappa shape index (κ2) is 2.47. The summed E-state index contributed by atoms with van der Waals surface area (Å²) >= 11 is 0. The minimum Gasteiger partial charge on any atom is -0.339 e. The lowest BCUT2D eigenvalue weighted by Crippen LogP contribution is -2.22. The van der Waals surface area contributed by atoms with Crippen LogP contribution in [0.4, 0.5) is 0 Å². The molecule has 2 aromatic rings. The third kappa shape index (κ3) is 0.830. The largest absolute Gasteiger partial charge is 0.339 e. The lowest BCUT2D eigenvalue weighted by atomic mass is 9.98. The van der Waals surface area contributed by atoms with Crippen molar-refractivity contribution in [1.29, 1.82) is 5.41 Å². The summed E-state index contributed by atoms with van der Waals surface area (Å²) in [4.78, 5) is 0. The highest BCUT2D eigenvalue weighted by atomic mass is 15.0. The van der Waals surface area contributed by atoms with Crippen LogP contribution < -0.4 is 0 Å². The number of benzene rings is 1. The van der Waals surface area contributed by atoms with Gasteiger partial charge in [0.15, 0.2) is 0 Å². The molecule has 2 heteroatoms. The molecule has 0 saturated heterocycles. The summed E-state index contributed by atoms with van der Waals surface area (Å²) in [6.07, 6.45) is 2.90. The van der Waals surface area contributed by atoms with Crippen LogP contribution in [0.25, 0.3) is 10.9 Å². The Morgan fingerprint density at radius 1 is 1.36 bits per heavy atom. The Morgan fingerprint density at radius 2 is 2.21 bits per heavy atom. The number of nitrogens with zero attached hydrogens (tertiary/aromatic N) is 1. The highest BCUT2D eigenvalue weighted by molar-refractivity contribution is 5.96. The molecular weight excluding hydrogens is 172 g/mol. The predicted molar refractivity (Wildman–Crippen MR) is 58.1 cm³/mol. The van der Waals surface area contributed by atoms with Gasteiger partial charge < -0.3 is 9.98 Å². The number of nitrogens with one attached hydrogen (secondary N) is 1. The number of hydrogen-bond acceptors (Lipinski definition) is 1. The molecule has 14 heavy (non-hydrogen) atoms. The summed E-state index contributed by atoms with van der Waals surface area (Å²) < 4.78 is 2.20. The van der Waals surface area contributed by atoms with Gasteiger partial charge in [0.05, 0.1) is 11.6 Å². The Kier molecular flexibility index (Phi) is 1.38. The molecule has 2 heterocycles. The summed E-state index contributed by atoms with van der Waals surface area (Å²) in [5, 5.41) is 9.20. The molecule has 0 radical (unpaired) electrons. The van der Waals surface area contributed by atoms with E-state index in [2.05, 4.69) is 42.0 Å². The minimum absolute atomic E-state index is 0.224. The normalized spacial score (nSPS) is 20.4. The second-order valence-corrected chi connectivity index (χ2v) is 3.96. The number of rotatable bonds is 0. The molecular formula is C12H12N2. The molecule has 0 fully saturated rings. The predicted octanol–water partition coefficient (Wildman–Crippen LogP) is 2.78. The van der Waals surface area contributed by atoms with Gasteiger partial charge in [-0.25, -0.2) is 0 Å². The van der Waals surface area contributed by atoms with Gasteiger partial charge in [0, 0.05) is 18.3 Å². The highest BCUT2D eigenvalue weighted by Gasteiger charge is 2.21. The van der Waals surface area contributed by atoms with Crippen LogP contribution in [0.5, 0.6) is 0 Å². The van der Waals surface area contributed by atoms with E-state index in [1.807, 2.05) is 0 Å². The van der Waals surface area contributed by atoms with E-state index in [1.54, 1.807) is 0 Å². The van der Waals surface area contributed by atoms with Crippen LogP contribution in [0, 0.1) is 5.41 Å². The van der Waals surface area contributed by atoms with Crippen molar-refractivity contribution in [3.8, 4) is 0 Å². The van der Waals surface area contributed by atoms with E-state index < -0.39 is 0 Å². The van der Waals surface area contributed by atoms with Crippen molar-refractivity contribution in [3.63, 3.8) is 0 Å². The summed E-state index contributed by atoms with van der Waals surface area (Å²) in [6, 6.07) is 8.69. The third-order valence-corrected chi connectivity index (χ3v) is 3.13. The Morgan fingerprint density at radius 3 is 3.07 bits per heavy atom. The van der Waals surface area contributed by atoms with Gasteiger partial charge in [0.2, 0.25) is 0 Å². The molecule has 0 bridgehead atoms. The van der Waals surface area contributed by atoms with Crippen LogP contribution in [0.3, 0.4) is 0 Å². The smallest absolute Gasteiger partial charge is 0.0686 e. The van der Waals surface area contributed by atoms with Crippen LogP contribution in [0.1, 0.15) is 18.5 Å². The lowest BCUT2D eigenvalue weighted by molar-refractivity contribution is 0.695. The summed E-state index contributed by atoms with van der Waals surface area (Å²) in [5.41, 5.74) is 3.41. The Bertz CT molecular complexity index is 522. The molecule has 0 aliphatic carbocycles. The van der Waals surface area contributed by atoms with Crippen molar-refractivity contribution in [3.05, 3.63) is 36.0 Å². The maximum Gasteiger partial charge on any atom is 0.0686 e. The molecule has 0 spiro atoms. The molecule has 0 saturated carbocycles. The minimum atomic E-state index is 0.224. The monoisotopic (exact) mass is 184 g/mol. The van der Waals surface area contributed by atoms with Crippen molar-refractivity contribution in [2.24, 2.45) is 0 Å². The average Bonchev–Trinajstić information content (AvgIpc) is 2.60. The first-order valence-electron chi connectivity index (χ1n) is 4.93. The van der Waals surface area contributed by atoms with Crippen LogP contribution in [0.2, 0.25) is 0 Å². The van der Waals surface area contributed by atoms with Crippen LogP contribution in [-0.2, 0) is 6.42 Å². The zero-order valence-corrected chi connectivity index (χ0v) is 8.12. The topological polar surface area (TPSA) is 28.8 Å². The fourth-order valence-electron chi connectivity index (χ4n) is 2.28. The SMILES string of the molecule is C[C@@H]1C(=N)Cc2cccc3ccn1c23. The van der Waals surface area contributed by atoms with Crippen molar-refractivity contribution < 1.29 is 0 Å². The molecule has 1 aromatic heterocycles. The molecule has 1 atom stereocenters. The first-order chi connectivity index (χ1) is 6.77. The van der Waals surface area contributed by atoms with E-state index in [0.717, 1.165) is 12.1 Å². The van der Waals surface area contributed by atoms with E-state index in [9.17, 15) is 0 Å². The molecule has 2 nitrogen and oxygen atoms in total. The number of aromatic nitrogens is 1. The Hall–Kier alpha value is -1.57. The number of hydrogen-bond donors (Lipinski definition) is 1. The zero-order chi connectivity index (χ0) is 9.71. The fraction of sp³-hybridized carbons (Fsp3) is 0.250. The Labute approximate surface area is 82.7 Å². The van der Waals surface area contributed by atoms with Crippen LogP contribution >= 0.6 is 0 Å². The quantitative estimate of drug-likeness (QED) is 0.652. The van der Waals surface area contributed by atoms with Crippen molar-refractivity contribution in [2.45, 2.75) is 19.4 Å². The van der Waals surface area contributed by atoms with E-state index >= 15 is 0 Å². The summed E-state index contributed by atoms with van der Waals surface area (Å²) in [7, 11) is 0. The molecule has 0 amide bonds. The molecule has 3 rings (SSSR count). The molecule has 0 unspecified atom stereocenters. The van der Waals surface area contributed by atoms with E-state index in [0.29, 0.717) is 0 Å². The van der Waals surface area contributed by atoms with Gasteiger partial charge in [-0.3, -0.25) is 0 Å². The molecule has 70 valence electrons. The van der Waals surface area contributed by atoms with Crippen molar-refractivity contribution >= 4 is 16.6 Å². The van der Waals surface area contributed by atoms with Gasteiger partial charge in [0.1, 0.15) is 0 Å². The van der Waals surface area contributed by atoms with Gasteiger partial charge in [-0.2, -0.15) is 0 Å². The lowest BCUT2D eigenvalue weighted by Gasteiger charge is -2.23. The van der Waals surface area contributed by atoms with Gasteiger partial charge in [0.25, 0.3) is 0 Å². The molecule has 1 aliphatic heterocycles. The highest BCUT2D eigenvalue weighted by Crippen LogP contribution is 2.29. The van der Waals surface area contributed by atoms with Crippen molar-refractivity contribution in [2.75, 3.05) is 0 Å². The van der Waals surface area contributed by atoms with E-state index in [4.69, 9.17) is 5.41 Å². The maximum absolute atomic E-state index is 7.91. The van der Waals surface area contributed by atoms with Gasteiger partial charge in [-0.15, -0.1) is 0 Å². The van der Waals surface area contributed by atoms with Crippen LogP contribution in [0.15, 0.2) is 30.5 Å². The van der Waals surface area contributed by atoms with E-state index in [-0.39, 0.29) is 6.04 Å². The average molecular weight is 184 g/mol. The first-order valence-corrected chi connectivity index (χ1v) is 4.93. The Balaban J connectivity index is 2.44. The van der Waals surface area contributed by atoms with Gasteiger partial charge in [-0.1, -0.05) is 18.2 Å². The number of para-hydroxylation sites is 1. The third-order valence-electron chi connectivity index (χ3n) is 3.13. The molecule has 1 aliphatic rings. The van der Waals surface area contributed by atoms with E-state index in [1.165, 1.54) is 16.5 Å². The van der Waals surface area contributed by atoms with Crippen molar-refractivity contribution in [1.82, 2.24) is 4.57 Å². The summed E-state index contributed by atoms with van der Waals surface area (Å²) in [5.74, 6) is 0. The summed E-state index contributed by atoms with van der Waals surface area (Å²) in [6.45, 7) is 2.09. The maximum atomic E-state index is 7.91. The molecule has 1 aromatic carbocycles. The van der Waals surface area contributed by atoms with Crippen LogP contribution in [-0.4, -0.2) is 10.3 Å². The first kappa shape index (κ1) is 7.80. The zero-order valence-electron chi connectivity index (χ0n) is 8.12. The molecule has 1 N–H and O–H groups in total. The second-order valence-electron chi connectivity index (χ2n) is 3.96. The standard InChI is InChI=1S/C12H12N2/c1-8-11(13)7-10-4-2-3-9-5-6-14(8)12(9)10/h2-6,8,13H,7H2,1H3/t8-/m1/s1. The van der Waals surface area contributed by atoms with Gasteiger partial charge >= 0.3 is 0 Å². The van der Waals surface area contributed by atoms with Gasteiger partial charge in [-0.05, 0) is 23.9 Å².